The Balaban J connectivity index is 1.98. The molecular weight excluding hydrogens is 384 g/mol. The third kappa shape index (κ3) is 3.88. The molecule has 0 aliphatic rings. The first kappa shape index (κ1) is 17.2. The van der Waals surface area contributed by atoms with E-state index in [4.69, 9.17) is 0 Å². The summed E-state index contributed by atoms with van der Waals surface area (Å²) in [6.07, 6.45) is 3.44. The Morgan fingerprint density at radius 2 is 1.96 bits per heavy atom. The standard InChI is InChI=1S/C18H17BrN4O2/c1-22-17(24)9-16(21-11-13-5-4-8-20-10-13)23(18(22)25)12-14-6-2-3-7-15(14)19/h2-10,21H,11-12H2,1H3. The number of nitrogens with one attached hydrogen (secondary N) is 1. The quantitative estimate of drug-likeness (QED) is 0.713. The highest BCUT2D eigenvalue weighted by molar-refractivity contribution is 9.10. The minimum atomic E-state index is -0.364. The van der Waals surface area contributed by atoms with Crippen LogP contribution in [0.5, 0.6) is 0 Å². The molecule has 0 atom stereocenters. The van der Waals surface area contributed by atoms with E-state index in [2.05, 4.69) is 26.2 Å². The van der Waals surface area contributed by atoms with Crippen LogP contribution in [0.3, 0.4) is 0 Å². The molecule has 0 bridgehead atoms. The van der Waals surface area contributed by atoms with Gasteiger partial charge in [0.25, 0.3) is 5.56 Å². The van der Waals surface area contributed by atoms with Gasteiger partial charge >= 0.3 is 5.69 Å². The van der Waals surface area contributed by atoms with Crippen LogP contribution in [0.1, 0.15) is 11.1 Å². The molecule has 1 N–H and O–H groups in total. The van der Waals surface area contributed by atoms with Gasteiger partial charge in [0, 0.05) is 36.5 Å². The minimum Gasteiger partial charge on any atom is -0.367 e. The monoisotopic (exact) mass is 400 g/mol. The summed E-state index contributed by atoms with van der Waals surface area (Å²) in [5.74, 6) is 0.479. The second-order valence-electron chi connectivity index (χ2n) is 5.60. The summed E-state index contributed by atoms with van der Waals surface area (Å²) in [7, 11) is 1.48. The zero-order valence-electron chi connectivity index (χ0n) is 13.6. The van der Waals surface area contributed by atoms with Crippen molar-refractivity contribution in [2.45, 2.75) is 13.1 Å². The summed E-state index contributed by atoms with van der Waals surface area (Å²) < 4.78 is 3.57. The highest BCUT2D eigenvalue weighted by atomic mass is 79.9. The van der Waals surface area contributed by atoms with E-state index in [0.717, 1.165) is 20.2 Å². The molecule has 2 aromatic heterocycles. The van der Waals surface area contributed by atoms with Gasteiger partial charge in [-0.3, -0.25) is 18.9 Å². The van der Waals surface area contributed by atoms with Gasteiger partial charge in [0.05, 0.1) is 6.54 Å². The Morgan fingerprint density at radius 1 is 1.16 bits per heavy atom. The number of nitrogens with zero attached hydrogens (tertiary/aromatic N) is 3. The van der Waals surface area contributed by atoms with Crippen LogP contribution in [0.2, 0.25) is 0 Å². The van der Waals surface area contributed by atoms with Gasteiger partial charge in [-0.15, -0.1) is 0 Å². The van der Waals surface area contributed by atoms with Gasteiger partial charge in [0.2, 0.25) is 0 Å². The largest absolute Gasteiger partial charge is 0.367 e. The van der Waals surface area contributed by atoms with Crippen molar-refractivity contribution in [3.05, 3.63) is 91.3 Å². The first-order chi connectivity index (χ1) is 12.1. The normalized spacial score (nSPS) is 10.6. The predicted molar refractivity (Wildman–Crippen MR) is 101 cm³/mol. The van der Waals surface area contributed by atoms with E-state index in [-0.39, 0.29) is 11.2 Å². The van der Waals surface area contributed by atoms with Gasteiger partial charge in [-0.1, -0.05) is 40.2 Å². The smallest absolute Gasteiger partial charge is 0.332 e. The highest BCUT2D eigenvalue weighted by Crippen LogP contribution is 2.18. The summed E-state index contributed by atoms with van der Waals surface area (Å²) >= 11 is 3.50. The predicted octanol–water partition coefficient (Wildman–Crippen LogP) is 2.36. The maximum absolute atomic E-state index is 12.6. The summed E-state index contributed by atoms with van der Waals surface area (Å²) in [6, 6.07) is 12.9. The lowest BCUT2D eigenvalue weighted by Gasteiger charge is -2.16. The number of halogens is 1. The van der Waals surface area contributed by atoms with E-state index in [1.807, 2.05) is 36.4 Å². The molecule has 7 heteroatoms. The average Bonchev–Trinajstić information content (AvgIpc) is 2.63. The van der Waals surface area contributed by atoms with Gasteiger partial charge in [-0.05, 0) is 23.3 Å². The van der Waals surface area contributed by atoms with Crippen molar-refractivity contribution in [3.8, 4) is 0 Å². The highest BCUT2D eigenvalue weighted by Gasteiger charge is 2.11. The van der Waals surface area contributed by atoms with Crippen molar-refractivity contribution in [3.63, 3.8) is 0 Å². The summed E-state index contributed by atoms with van der Waals surface area (Å²) in [6.45, 7) is 0.820. The Bertz CT molecular complexity index is 996. The van der Waals surface area contributed by atoms with Crippen molar-refractivity contribution < 1.29 is 0 Å². The zero-order chi connectivity index (χ0) is 17.8. The number of anilines is 1. The molecule has 25 heavy (non-hydrogen) atoms. The third-order valence-electron chi connectivity index (χ3n) is 3.88. The fourth-order valence-electron chi connectivity index (χ4n) is 2.46. The van der Waals surface area contributed by atoms with Crippen molar-refractivity contribution in [2.24, 2.45) is 7.05 Å². The van der Waals surface area contributed by atoms with Crippen LogP contribution in [0, 0.1) is 0 Å². The summed E-state index contributed by atoms with van der Waals surface area (Å²) in [5, 5.41) is 3.17. The second-order valence-corrected chi connectivity index (χ2v) is 6.46. The Morgan fingerprint density at radius 3 is 2.68 bits per heavy atom. The molecule has 6 nitrogen and oxygen atoms in total. The van der Waals surface area contributed by atoms with Gasteiger partial charge in [-0.2, -0.15) is 0 Å². The molecule has 1 aromatic carbocycles. The van der Waals surface area contributed by atoms with Crippen molar-refractivity contribution in [1.82, 2.24) is 14.1 Å². The first-order valence-electron chi connectivity index (χ1n) is 7.73. The molecular formula is C18H17BrN4O2. The summed E-state index contributed by atoms with van der Waals surface area (Å²) in [5.41, 5.74) is 1.20. The molecule has 0 aliphatic carbocycles. The van der Waals surface area contributed by atoms with Crippen LogP contribution in [-0.2, 0) is 20.1 Å². The van der Waals surface area contributed by atoms with E-state index >= 15 is 0 Å². The Labute approximate surface area is 152 Å². The summed E-state index contributed by atoms with van der Waals surface area (Å²) in [4.78, 5) is 28.7. The SMILES string of the molecule is Cn1c(=O)cc(NCc2cccnc2)n(Cc2ccccc2Br)c1=O. The molecule has 0 unspecified atom stereocenters. The van der Waals surface area contributed by atoms with Crippen LogP contribution in [0.25, 0.3) is 0 Å². The number of hydrogen-bond acceptors (Lipinski definition) is 4. The third-order valence-corrected chi connectivity index (χ3v) is 4.66. The fraction of sp³-hybridized carbons (Fsp3) is 0.167. The number of hydrogen-bond donors (Lipinski definition) is 1. The van der Waals surface area contributed by atoms with Crippen molar-refractivity contribution >= 4 is 21.7 Å². The van der Waals surface area contributed by atoms with Crippen LogP contribution in [0.4, 0.5) is 5.82 Å². The molecule has 0 aliphatic heterocycles. The molecule has 128 valence electrons. The lowest BCUT2D eigenvalue weighted by atomic mass is 10.2. The van der Waals surface area contributed by atoms with Gasteiger partial charge in [0.1, 0.15) is 5.82 Å². The Kier molecular flexibility index (Phi) is 5.14. The molecule has 3 aromatic rings. The molecule has 0 saturated carbocycles. The Hall–Kier alpha value is -2.67. The zero-order valence-corrected chi connectivity index (χ0v) is 15.2. The van der Waals surface area contributed by atoms with Crippen LogP contribution < -0.4 is 16.6 Å². The molecule has 3 rings (SSSR count). The number of aromatic nitrogens is 3. The van der Waals surface area contributed by atoms with E-state index in [0.29, 0.717) is 18.9 Å². The lowest BCUT2D eigenvalue weighted by Crippen LogP contribution is -2.39. The van der Waals surface area contributed by atoms with Crippen LogP contribution >= 0.6 is 15.9 Å². The van der Waals surface area contributed by atoms with Gasteiger partial charge in [0.15, 0.2) is 0 Å². The number of rotatable bonds is 5. The number of pyridine rings is 1. The minimum absolute atomic E-state index is 0.345. The van der Waals surface area contributed by atoms with Crippen LogP contribution in [0.15, 0.2) is 68.9 Å². The average molecular weight is 401 g/mol. The molecule has 0 saturated heterocycles. The fourth-order valence-corrected chi connectivity index (χ4v) is 2.87. The van der Waals surface area contributed by atoms with Crippen molar-refractivity contribution in [1.29, 1.82) is 0 Å². The topological polar surface area (TPSA) is 68.9 Å². The van der Waals surface area contributed by atoms with E-state index in [9.17, 15) is 9.59 Å². The van der Waals surface area contributed by atoms with Gasteiger partial charge in [-0.25, -0.2) is 4.79 Å². The molecule has 0 fully saturated rings. The lowest BCUT2D eigenvalue weighted by molar-refractivity contribution is 0.648. The number of benzene rings is 1. The second kappa shape index (κ2) is 7.48. The van der Waals surface area contributed by atoms with E-state index in [1.165, 1.54) is 13.1 Å². The molecule has 0 amide bonds. The molecule has 0 spiro atoms. The maximum Gasteiger partial charge on any atom is 0.332 e. The maximum atomic E-state index is 12.6. The molecule has 0 radical (unpaired) electrons. The van der Waals surface area contributed by atoms with Crippen molar-refractivity contribution in [2.75, 3.05) is 5.32 Å². The van der Waals surface area contributed by atoms with Crippen LogP contribution in [-0.4, -0.2) is 14.1 Å². The van der Waals surface area contributed by atoms with E-state index < -0.39 is 0 Å². The van der Waals surface area contributed by atoms with E-state index in [1.54, 1.807) is 17.0 Å². The van der Waals surface area contributed by atoms with Gasteiger partial charge < -0.3 is 5.32 Å². The first-order valence-corrected chi connectivity index (χ1v) is 8.52. The molecule has 2 heterocycles.